The minimum absolute atomic E-state index is 0.0122. The second-order valence-corrected chi connectivity index (χ2v) is 6.04. The van der Waals surface area contributed by atoms with Crippen molar-refractivity contribution in [3.8, 4) is 0 Å². The van der Waals surface area contributed by atoms with Crippen molar-refractivity contribution in [2.24, 2.45) is 0 Å². The first-order valence-electron chi connectivity index (χ1n) is 5.21. The highest BCUT2D eigenvalue weighted by atomic mass is 79.9. The zero-order chi connectivity index (χ0) is 13.3. The average Bonchev–Trinajstić information content (AvgIpc) is 2.71. The zero-order valence-electron chi connectivity index (χ0n) is 9.45. The number of hydrogen-bond acceptors (Lipinski definition) is 3. The van der Waals surface area contributed by atoms with Crippen LogP contribution in [-0.2, 0) is 6.42 Å². The van der Waals surface area contributed by atoms with Gasteiger partial charge in [-0.1, -0.05) is 17.7 Å². The Morgan fingerprint density at radius 1 is 1.56 bits per heavy atom. The first-order chi connectivity index (χ1) is 8.49. The van der Waals surface area contributed by atoms with Crippen LogP contribution in [0.5, 0.6) is 0 Å². The van der Waals surface area contributed by atoms with Gasteiger partial charge in [0, 0.05) is 27.5 Å². The SMILES string of the molecule is Cc1csc(CC(O)c2ccc(Br)c(Cl)c2F)n1. The highest BCUT2D eigenvalue weighted by Crippen LogP contribution is 2.31. The van der Waals surface area contributed by atoms with E-state index in [-0.39, 0.29) is 17.0 Å². The third kappa shape index (κ3) is 2.91. The van der Waals surface area contributed by atoms with Gasteiger partial charge in [-0.05, 0) is 28.9 Å². The highest BCUT2D eigenvalue weighted by molar-refractivity contribution is 9.10. The molecular formula is C12H10BrClFNOS. The number of benzene rings is 1. The van der Waals surface area contributed by atoms with Gasteiger partial charge in [0.15, 0.2) is 0 Å². The molecule has 0 amide bonds. The van der Waals surface area contributed by atoms with Gasteiger partial charge in [0.1, 0.15) is 5.82 Å². The first kappa shape index (κ1) is 13.9. The van der Waals surface area contributed by atoms with E-state index in [1.54, 1.807) is 6.07 Å². The molecule has 2 nitrogen and oxygen atoms in total. The lowest BCUT2D eigenvalue weighted by Crippen LogP contribution is -2.05. The Hall–Kier alpha value is -0.490. The second-order valence-electron chi connectivity index (χ2n) is 3.87. The molecule has 0 aliphatic carbocycles. The Kier molecular flexibility index (Phi) is 4.37. The topological polar surface area (TPSA) is 33.1 Å². The van der Waals surface area contributed by atoms with Crippen molar-refractivity contribution in [3.05, 3.63) is 49.1 Å². The van der Waals surface area contributed by atoms with Gasteiger partial charge in [0.05, 0.1) is 16.1 Å². The number of thiazole rings is 1. The molecular weight excluding hydrogens is 341 g/mol. The number of aliphatic hydroxyl groups excluding tert-OH is 1. The summed E-state index contributed by atoms with van der Waals surface area (Å²) in [6.07, 6.45) is -0.658. The van der Waals surface area contributed by atoms with E-state index in [1.165, 1.54) is 17.4 Å². The maximum Gasteiger partial charge on any atom is 0.148 e. The van der Waals surface area contributed by atoms with E-state index in [0.717, 1.165) is 10.7 Å². The molecule has 1 heterocycles. The molecule has 96 valence electrons. The van der Waals surface area contributed by atoms with Crippen LogP contribution in [0.1, 0.15) is 22.4 Å². The Labute approximate surface area is 122 Å². The van der Waals surface area contributed by atoms with Crippen LogP contribution in [-0.4, -0.2) is 10.1 Å². The van der Waals surface area contributed by atoms with Crippen molar-refractivity contribution in [2.45, 2.75) is 19.4 Å². The Bertz CT molecular complexity index is 575. The lowest BCUT2D eigenvalue weighted by atomic mass is 10.1. The van der Waals surface area contributed by atoms with Crippen molar-refractivity contribution < 1.29 is 9.50 Å². The third-order valence-electron chi connectivity index (χ3n) is 2.46. The van der Waals surface area contributed by atoms with E-state index >= 15 is 0 Å². The molecule has 0 spiro atoms. The number of aromatic nitrogens is 1. The van der Waals surface area contributed by atoms with Crippen LogP contribution in [0.25, 0.3) is 0 Å². The first-order valence-corrected chi connectivity index (χ1v) is 7.26. The molecule has 18 heavy (non-hydrogen) atoms. The summed E-state index contributed by atoms with van der Waals surface area (Å²) in [5.41, 5.74) is 1.09. The molecule has 2 aromatic rings. The number of rotatable bonds is 3. The van der Waals surface area contributed by atoms with E-state index in [1.807, 2.05) is 12.3 Å². The molecule has 0 saturated heterocycles. The van der Waals surface area contributed by atoms with Gasteiger partial charge in [-0.15, -0.1) is 11.3 Å². The van der Waals surface area contributed by atoms with E-state index in [2.05, 4.69) is 20.9 Å². The van der Waals surface area contributed by atoms with E-state index in [9.17, 15) is 9.50 Å². The van der Waals surface area contributed by atoms with Gasteiger partial charge in [0.25, 0.3) is 0 Å². The summed E-state index contributed by atoms with van der Waals surface area (Å²) in [6.45, 7) is 1.88. The van der Waals surface area contributed by atoms with Crippen LogP contribution < -0.4 is 0 Å². The number of halogens is 3. The smallest absolute Gasteiger partial charge is 0.148 e. The van der Waals surface area contributed by atoms with Crippen LogP contribution in [0.3, 0.4) is 0 Å². The van der Waals surface area contributed by atoms with Crippen molar-refractivity contribution in [2.75, 3.05) is 0 Å². The van der Waals surface area contributed by atoms with Crippen molar-refractivity contribution in [1.29, 1.82) is 0 Å². The lowest BCUT2D eigenvalue weighted by Gasteiger charge is -2.12. The van der Waals surface area contributed by atoms with Crippen molar-refractivity contribution in [3.63, 3.8) is 0 Å². The fourth-order valence-electron chi connectivity index (χ4n) is 1.57. The van der Waals surface area contributed by atoms with E-state index in [4.69, 9.17) is 11.6 Å². The molecule has 1 aromatic carbocycles. The van der Waals surface area contributed by atoms with Crippen molar-refractivity contribution in [1.82, 2.24) is 4.98 Å². The molecule has 0 bridgehead atoms. The van der Waals surface area contributed by atoms with Crippen LogP contribution in [0.15, 0.2) is 22.0 Å². The summed E-state index contributed by atoms with van der Waals surface area (Å²) in [6, 6.07) is 3.15. The van der Waals surface area contributed by atoms with Crippen LogP contribution >= 0.6 is 38.9 Å². The molecule has 0 fully saturated rings. The maximum absolute atomic E-state index is 13.9. The van der Waals surface area contributed by atoms with Crippen molar-refractivity contribution >= 4 is 38.9 Å². The molecule has 1 N–H and O–H groups in total. The van der Waals surface area contributed by atoms with Crippen LogP contribution in [0, 0.1) is 12.7 Å². The molecule has 0 aliphatic rings. The Morgan fingerprint density at radius 3 is 2.89 bits per heavy atom. The largest absolute Gasteiger partial charge is 0.388 e. The fourth-order valence-corrected chi connectivity index (χ4v) is 2.86. The van der Waals surface area contributed by atoms with Crippen LogP contribution in [0.4, 0.5) is 4.39 Å². The van der Waals surface area contributed by atoms with E-state index < -0.39 is 11.9 Å². The average molecular weight is 351 g/mol. The van der Waals surface area contributed by atoms with Gasteiger partial charge in [-0.3, -0.25) is 0 Å². The molecule has 6 heteroatoms. The summed E-state index contributed by atoms with van der Waals surface area (Å²) in [4.78, 5) is 4.24. The minimum atomic E-state index is -0.943. The predicted molar refractivity (Wildman–Crippen MR) is 74.6 cm³/mol. The molecule has 0 aliphatic heterocycles. The van der Waals surface area contributed by atoms with Gasteiger partial charge in [-0.2, -0.15) is 0 Å². The maximum atomic E-state index is 13.9. The zero-order valence-corrected chi connectivity index (χ0v) is 12.6. The summed E-state index contributed by atoms with van der Waals surface area (Å²) in [5.74, 6) is -0.591. The minimum Gasteiger partial charge on any atom is -0.388 e. The highest BCUT2D eigenvalue weighted by Gasteiger charge is 2.18. The number of hydrogen-bond donors (Lipinski definition) is 1. The second kappa shape index (κ2) is 5.65. The fraction of sp³-hybridized carbons (Fsp3) is 0.250. The summed E-state index contributed by atoms with van der Waals surface area (Å²) in [5, 5.41) is 12.7. The molecule has 1 aromatic heterocycles. The number of aliphatic hydroxyl groups is 1. The summed E-state index contributed by atoms with van der Waals surface area (Å²) >= 11 is 10.4. The quantitative estimate of drug-likeness (QED) is 0.838. The summed E-state index contributed by atoms with van der Waals surface area (Å²) < 4.78 is 14.4. The Balaban J connectivity index is 2.24. The van der Waals surface area contributed by atoms with Gasteiger partial charge >= 0.3 is 0 Å². The van der Waals surface area contributed by atoms with Gasteiger partial charge < -0.3 is 5.11 Å². The number of nitrogens with zero attached hydrogens (tertiary/aromatic N) is 1. The lowest BCUT2D eigenvalue weighted by molar-refractivity contribution is 0.173. The molecule has 0 saturated carbocycles. The Morgan fingerprint density at radius 2 is 2.28 bits per heavy atom. The summed E-state index contributed by atoms with van der Waals surface area (Å²) in [7, 11) is 0. The number of aryl methyl sites for hydroxylation is 1. The molecule has 1 atom stereocenters. The van der Waals surface area contributed by atoms with E-state index in [0.29, 0.717) is 4.47 Å². The molecule has 1 unspecified atom stereocenters. The standard InChI is InChI=1S/C12H10BrClFNOS/c1-6-5-18-10(16-6)4-9(17)7-2-3-8(13)11(14)12(7)15/h2-3,5,9,17H,4H2,1H3. The van der Waals surface area contributed by atoms with Crippen LogP contribution in [0.2, 0.25) is 5.02 Å². The molecule has 0 radical (unpaired) electrons. The predicted octanol–water partition coefficient (Wildman–Crippen LogP) is 4.28. The van der Waals surface area contributed by atoms with Gasteiger partial charge in [-0.25, -0.2) is 9.37 Å². The van der Waals surface area contributed by atoms with Gasteiger partial charge in [0.2, 0.25) is 0 Å². The normalized spacial score (nSPS) is 12.7. The monoisotopic (exact) mass is 349 g/mol. The molecule has 2 rings (SSSR count). The third-order valence-corrected chi connectivity index (χ3v) is 4.71.